The number of amides is 1. The Balaban J connectivity index is 1.94. The molecule has 0 bridgehead atoms. The van der Waals surface area contributed by atoms with Crippen molar-refractivity contribution in [3.05, 3.63) is 0 Å². The van der Waals surface area contributed by atoms with Crippen LogP contribution in [0.25, 0.3) is 0 Å². The zero-order chi connectivity index (χ0) is 12.5. The Morgan fingerprint density at radius 1 is 1.47 bits per heavy atom. The van der Waals surface area contributed by atoms with E-state index < -0.39 is 0 Å². The molecular formula is C13H24N2OS. The third-order valence-electron chi connectivity index (χ3n) is 3.71. The molecule has 0 aromatic carbocycles. The van der Waals surface area contributed by atoms with E-state index in [0.29, 0.717) is 11.9 Å². The van der Waals surface area contributed by atoms with Crippen LogP contribution in [0.2, 0.25) is 0 Å². The number of hydrogen-bond acceptors (Lipinski definition) is 3. The van der Waals surface area contributed by atoms with Crippen LogP contribution in [0, 0.1) is 5.92 Å². The van der Waals surface area contributed by atoms with E-state index in [-0.39, 0.29) is 10.7 Å². The van der Waals surface area contributed by atoms with Crippen molar-refractivity contribution in [2.24, 2.45) is 5.92 Å². The van der Waals surface area contributed by atoms with Crippen molar-refractivity contribution in [3.8, 4) is 0 Å². The van der Waals surface area contributed by atoms with E-state index in [1.165, 1.54) is 0 Å². The lowest BCUT2D eigenvalue weighted by Gasteiger charge is -2.40. The third-order valence-corrected chi connectivity index (χ3v) is 5.01. The molecule has 4 heteroatoms. The lowest BCUT2D eigenvalue weighted by Crippen LogP contribution is -2.50. The van der Waals surface area contributed by atoms with Crippen LogP contribution in [0.15, 0.2) is 0 Å². The van der Waals surface area contributed by atoms with Crippen molar-refractivity contribution in [2.45, 2.75) is 44.4 Å². The number of hydrogen-bond donors (Lipinski definition) is 1. The second-order valence-corrected chi connectivity index (χ2v) is 7.75. The number of thioether (sulfide) groups is 1. The molecule has 2 atom stereocenters. The Labute approximate surface area is 109 Å². The van der Waals surface area contributed by atoms with Gasteiger partial charge in [-0.1, -0.05) is 0 Å². The molecule has 17 heavy (non-hydrogen) atoms. The first-order valence-electron chi connectivity index (χ1n) is 6.64. The minimum Gasteiger partial charge on any atom is -0.340 e. The van der Waals surface area contributed by atoms with Crippen molar-refractivity contribution >= 4 is 17.7 Å². The molecule has 2 aliphatic rings. The molecule has 2 rings (SSSR count). The first-order chi connectivity index (χ1) is 7.98. The van der Waals surface area contributed by atoms with Gasteiger partial charge in [-0.25, -0.2) is 0 Å². The highest BCUT2D eigenvalue weighted by molar-refractivity contribution is 8.00. The topological polar surface area (TPSA) is 32.3 Å². The van der Waals surface area contributed by atoms with Crippen molar-refractivity contribution < 1.29 is 4.79 Å². The lowest BCUT2D eigenvalue weighted by molar-refractivity contribution is -0.137. The van der Waals surface area contributed by atoms with Gasteiger partial charge in [0.2, 0.25) is 5.91 Å². The minimum atomic E-state index is 0.229. The number of nitrogens with one attached hydrogen (secondary N) is 1. The van der Waals surface area contributed by atoms with Crippen molar-refractivity contribution in [2.75, 3.05) is 25.4 Å². The molecule has 0 radical (unpaired) electrons. The summed E-state index contributed by atoms with van der Waals surface area (Å²) < 4.78 is 0.229. The molecule has 0 aromatic heterocycles. The van der Waals surface area contributed by atoms with E-state index in [0.717, 1.165) is 38.2 Å². The van der Waals surface area contributed by atoms with Gasteiger partial charge in [-0.2, -0.15) is 11.8 Å². The van der Waals surface area contributed by atoms with Gasteiger partial charge in [-0.15, -0.1) is 0 Å². The zero-order valence-corrected chi connectivity index (χ0v) is 12.0. The average Bonchev–Trinajstić information content (AvgIpc) is 2.26. The van der Waals surface area contributed by atoms with Gasteiger partial charge in [0, 0.05) is 35.5 Å². The van der Waals surface area contributed by atoms with E-state index in [2.05, 4.69) is 31.0 Å². The summed E-state index contributed by atoms with van der Waals surface area (Å²) in [5.74, 6) is 1.73. The number of piperidine rings is 1. The van der Waals surface area contributed by atoms with Crippen LogP contribution in [0.1, 0.15) is 33.6 Å². The summed E-state index contributed by atoms with van der Waals surface area (Å²) in [5.41, 5.74) is 0. The lowest BCUT2D eigenvalue weighted by atomic mass is 9.91. The first kappa shape index (κ1) is 13.2. The molecule has 0 aromatic rings. The van der Waals surface area contributed by atoms with Gasteiger partial charge < -0.3 is 10.2 Å². The molecule has 1 N–H and O–H groups in total. The Kier molecular flexibility index (Phi) is 4.03. The highest BCUT2D eigenvalue weighted by Gasteiger charge is 2.34. The Morgan fingerprint density at radius 3 is 2.88 bits per heavy atom. The highest BCUT2D eigenvalue weighted by atomic mass is 32.2. The maximum absolute atomic E-state index is 12.5. The third kappa shape index (κ3) is 3.38. The van der Waals surface area contributed by atoms with Crippen LogP contribution < -0.4 is 5.32 Å². The molecule has 2 saturated heterocycles. The summed E-state index contributed by atoms with van der Waals surface area (Å²) in [4.78, 5) is 14.6. The molecule has 2 aliphatic heterocycles. The van der Waals surface area contributed by atoms with Crippen molar-refractivity contribution in [1.82, 2.24) is 10.2 Å². The van der Waals surface area contributed by atoms with Gasteiger partial charge in [-0.3, -0.25) is 4.79 Å². The van der Waals surface area contributed by atoms with Crippen molar-refractivity contribution in [1.29, 1.82) is 0 Å². The molecule has 1 amide bonds. The number of carbonyl (C=O) groups is 1. The standard InChI is InChI=1S/C13H24N2OS/c1-10-8-11(4-5-14-10)12(16)15-6-7-17-13(2,3)9-15/h10-11,14H,4-9H2,1-3H3. The van der Waals surface area contributed by atoms with E-state index in [1.807, 2.05) is 11.8 Å². The average molecular weight is 256 g/mol. The van der Waals surface area contributed by atoms with Crippen LogP contribution in [-0.2, 0) is 4.79 Å². The quantitative estimate of drug-likeness (QED) is 0.775. The maximum atomic E-state index is 12.5. The van der Waals surface area contributed by atoms with Crippen LogP contribution in [0.5, 0.6) is 0 Å². The van der Waals surface area contributed by atoms with Gasteiger partial charge in [-0.05, 0) is 40.2 Å². The SMILES string of the molecule is CC1CC(C(=O)N2CCSC(C)(C)C2)CCN1. The fourth-order valence-corrected chi connectivity index (χ4v) is 3.93. The maximum Gasteiger partial charge on any atom is 0.225 e. The second kappa shape index (κ2) is 5.19. The van der Waals surface area contributed by atoms with Gasteiger partial charge in [0.15, 0.2) is 0 Å². The highest BCUT2D eigenvalue weighted by Crippen LogP contribution is 2.31. The van der Waals surface area contributed by atoms with E-state index in [1.54, 1.807) is 0 Å². The molecule has 98 valence electrons. The van der Waals surface area contributed by atoms with Crippen LogP contribution in [-0.4, -0.2) is 47.0 Å². The summed E-state index contributed by atoms with van der Waals surface area (Å²) in [6, 6.07) is 0.491. The van der Waals surface area contributed by atoms with E-state index >= 15 is 0 Å². The largest absolute Gasteiger partial charge is 0.340 e. The molecular weight excluding hydrogens is 232 g/mol. The second-order valence-electron chi connectivity index (χ2n) is 5.94. The van der Waals surface area contributed by atoms with E-state index in [4.69, 9.17) is 0 Å². The summed E-state index contributed by atoms with van der Waals surface area (Å²) in [6.45, 7) is 9.49. The molecule has 0 saturated carbocycles. The molecule has 0 aliphatic carbocycles. The summed E-state index contributed by atoms with van der Waals surface area (Å²) in [7, 11) is 0. The van der Waals surface area contributed by atoms with Crippen LogP contribution >= 0.6 is 11.8 Å². The summed E-state index contributed by atoms with van der Waals surface area (Å²) in [6.07, 6.45) is 2.01. The first-order valence-corrected chi connectivity index (χ1v) is 7.63. The number of carbonyl (C=O) groups excluding carboxylic acids is 1. The van der Waals surface area contributed by atoms with Crippen LogP contribution in [0.4, 0.5) is 0 Å². The Morgan fingerprint density at radius 2 is 2.24 bits per heavy atom. The molecule has 2 unspecified atom stereocenters. The van der Waals surface area contributed by atoms with Gasteiger partial charge in [0.25, 0.3) is 0 Å². The predicted octanol–water partition coefficient (Wildman–Crippen LogP) is 1.73. The normalized spacial score (nSPS) is 33.5. The minimum absolute atomic E-state index is 0.229. The number of nitrogens with zero attached hydrogens (tertiary/aromatic N) is 1. The van der Waals surface area contributed by atoms with Crippen LogP contribution in [0.3, 0.4) is 0 Å². The fraction of sp³-hybridized carbons (Fsp3) is 0.923. The van der Waals surface area contributed by atoms with Crippen molar-refractivity contribution in [3.63, 3.8) is 0 Å². The predicted molar refractivity (Wildman–Crippen MR) is 73.3 cm³/mol. The Hall–Kier alpha value is -0.220. The monoisotopic (exact) mass is 256 g/mol. The smallest absolute Gasteiger partial charge is 0.225 e. The van der Waals surface area contributed by atoms with Gasteiger partial charge in [0.1, 0.15) is 0 Å². The molecule has 0 spiro atoms. The molecule has 3 nitrogen and oxygen atoms in total. The van der Waals surface area contributed by atoms with Gasteiger partial charge >= 0.3 is 0 Å². The number of rotatable bonds is 1. The zero-order valence-electron chi connectivity index (χ0n) is 11.2. The summed E-state index contributed by atoms with van der Waals surface area (Å²) >= 11 is 1.98. The molecule has 2 heterocycles. The summed E-state index contributed by atoms with van der Waals surface area (Å²) in [5, 5.41) is 3.41. The fourth-order valence-electron chi connectivity index (χ4n) is 2.82. The molecule has 2 fully saturated rings. The van der Waals surface area contributed by atoms with E-state index in [9.17, 15) is 4.79 Å². The van der Waals surface area contributed by atoms with Gasteiger partial charge in [0.05, 0.1) is 0 Å². The Bertz CT molecular complexity index is 293.